The maximum absolute atomic E-state index is 13.9. The molecule has 2 aromatic rings. The summed E-state index contributed by atoms with van der Waals surface area (Å²) in [6, 6.07) is 5.29. The molecule has 0 bridgehead atoms. The van der Waals surface area contributed by atoms with Crippen LogP contribution in [-0.2, 0) is 0 Å². The molecule has 0 aliphatic carbocycles. The van der Waals surface area contributed by atoms with Gasteiger partial charge in [-0.05, 0) is 38.2 Å². The molecule has 1 aromatic heterocycles. The van der Waals surface area contributed by atoms with Crippen LogP contribution in [0.1, 0.15) is 23.1 Å². The Hall–Kier alpha value is -1.20. The number of rotatable bonds is 3. The molecular formula is C13H12BrF2NO. The van der Waals surface area contributed by atoms with E-state index < -0.39 is 17.7 Å². The SMILES string of the molecule is CNC(c1ccc(C)o1)c1c(F)cc(Br)cc1F. The maximum atomic E-state index is 13.9. The Kier molecular flexibility index (Phi) is 3.82. The third-order valence-corrected chi connectivity index (χ3v) is 3.12. The van der Waals surface area contributed by atoms with E-state index in [-0.39, 0.29) is 5.56 Å². The Morgan fingerprint density at radius 1 is 1.22 bits per heavy atom. The van der Waals surface area contributed by atoms with Gasteiger partial charge in [0, 0.05) is 10.0 Å². The first-order valence-electron chi connectivity index (χ1n) is 5.41. The highest BCUT2D eigenvalue weighted by Crippen LogP contribution is 2.30. The molecule has 0 aliphatic heterocycles. The average Bonchev–Trinajstić information content (AvgIpc) is 2.69. The summed E-state index contributed by atoms with van der Waals surface area (Å²) >= 11 is 3.05. The quantitative estimate of drug-likeness (QED) is 0.928. The summed E-state index contributed by atoms with van der Waals surface area (Å²) in [7, 11) is 1.63. The molecule has 0 saturated heterocycles. The van der Waals surface area contributed by atoms with E-state index in [1.807, 2.05) is 0 Å². The summed E-state index contributed by atoms with van der Waals surface area (Å²) in [6.45, 7) is 1.78. The Labute approximate surface area is 112 Å². The highest BCUT2D eigenvalue weighted by molar-refractivity contribution is 9.10. The minimum Gasteiger partial charge on any atom is -0.464 e. The van der Waals surface area contributed by atoms with Crippen molar-refractivity contribution in [2.75, 3.05) is 7.05 Å². The van der Waals surface area contributed by atoms with Gasteiger partial charge in [-0.1, -0.05) is 15.9 Å². The molecule has 1 atom stereocenters. The fraction of sp³-hybridized carbons (Fsp3) is 0.231. The summed E-state index contributed by atoms with van der Waals surface area (Å²) in [6.07, 6.45) is 0. The third kappa shape index (κ3) is 2.47. The number of halogens is 3. The van der Waals surface area contributed by atoms with Crippen molar-refractivity contribution in [1.82, 2.24) is 5.32 Å². The van der Waals surface area contributed by atoms with E-state index >= 15 is 0 Å². The lowest BCUT2D eigenvalue weighted by atomic mass is 10.0. The van der Waals surface area contributed by atoms with E-state index in [0.717, 1.165) is 0 Å². The smallest absolute Gasteiger partial charge is 0.132 e. The molecule has 0 amide bonds. The van der Waals surface area contributed by atoms with Gasteiger partial charge in [0.25, 0.3) is 0 Å². The Balaban J connectivity index is 2.51. The predicted octanol–water partition coefficient (Wildman–Crippen LogP) is 3.94. The molecule has 1 unspecified atom stereocenters. The van der Waals surface area contributed by atoms with E-state index in [1.165, 1.54) is 12.1 Å². The van der Waals surface area contributed by atoms with Gasteiger partial charge in [-0.25, -0.2) is 8.78 Å². The molecule has 0 fully saturated rings. The molecule has 0 saturated carbocycles. The van der Waals surface area contributed by atoms with Crippen molar-refractivity contribution in [2.24, 2.45) is 0 Å². The van der Waals surface area contributed by atoms with Crippen LogP contribution in [0.5, 0.6) is 0 Å². The molecule has 5 heteroatoms. The van der Waals surface area contributed by atoms with Crippen LogP contribution < -0.4 is 5.32 Å². The number of furan rings is 1. The Morgan fingerprint density at radius 2 is 1.83 bits per heavy atom. The van der Waals surface area contributed by atoms with Crippen LogP contribution in [-0.4, -0.2) is 7.05 Å². The van der Waals surface area contributed by atoms with Crippen LogP contribution in [0.2, 0.25) is 0 Å². The van der Waals surface area contributed by atoms with Gasteiger partial charge in [-0.3, -0.25) is 0 Å². The lowest BCUT2D eigenvalue weighted by Crippen LogP contribution is -2.20. The van der Waals surface area contributed by atoms with Crippen LogP contribution in [0.4, 0.5) is 8.78 Å². The molecule has 18 heavy (non-hydrogen) atoms. The van der Waals surface area contributed by atoms with Crippen molar-refractivity contribution in [3.8, 4) is 0 Å². The molecule has 0 aliphatic rings. The predicted molar refractivity (Wildman–Crippen MR) is 68.4 cm³/mol. The first-order valence-corrected chi connectivity index (χ1v) is 6.20. The van der Waals surface area contributed by atoms with Crippen molar-refractivity contribution in [2.45, 2.75) is 13.0 Å². The monoisotopic (exact) mass is 315 g/mol. The molecular weight excluding hydrogens is 304 g/mol. The second-order valence-electron chi connectivity index (χ2n) is 3.95. The molecule has 0 radical (unpaired) electrons. The lowest BCUT2D eigenvalue weighted by molar-refractivity contribution is 0.424. The first-order chi connectivity index (χ1) is 8.52. The zero-order chi connectivity index (χ0) is 13.3. The van der Waals surface area contributed by atoms with Crippen LogP contribution in [0.25, 0.3) is 0 Å². The Bertz CT molecular complexity index is 545. The van der Waals surface area contributed by atoms with E-state index in [0.29, 0.717) is 16.0 Å². The van der Waals surface area contributed by atoms with Gasteiger partial charge in [0.05, 0.1) is 6.04 Å². The van der Waals surface area contributed by atoms with Gasteiger partial charge in [-0.15, -0.1) is 0 Å². The third-order valence-electron chi connectivity index (χ3n) is 2.67. The van der Waals surface area contributed by atoms with Crippen LogP contribution in [0.15, 0.2) is 33.2 Å². The van der Waals surface area contributed by atoms with Crippen LogP contribution in [0, 0.1) is 18.6 Å². The highest BCUT2D eigenvalue weighted by Gasteiger charge is 2.23. The largest absolute Gasteiger partial charge is 0.464 e. The zero-order valence-electron chi connectivity index (χ0n) is 9.93. The first kappa shape index (κ1) is 13.2. The summed E-state index contributed by atoms with van der Waals surface area (Å²) < 4.78 is 33.6. The van der Waals surface area contributed by atoms with Gasteiger partial charge in [0.1, 0.15) is 23.2 Å². The van der Waals surface area contributed by atoms with Gasteiger partial charge in [0.2, 0.25) is 0 Å². The van der Waals surface area contributed by atoms with Gasteiger partial charge in [-0.2, -0.15) is 0 Å². The fourth-order valence-electron chi connectivity index (χ4n) is 1.87. The molecule has 1 heterocycles. The van der Waals surface area contributed by atoms with Crippen molar-refractivity contribution >= 4 is 15.9 Å². The van der Waals surface area contributed by atoms with Crippen LogP contribution in [0.3, 0.4) is 0 Å². The highest BCUT2D eigenvalue weighted by atomic mass is 79.9. The van der Waals surface area contributed by atoms with Crippen molar-refractivity contribution in [3.05, 3.63) is 57.5 Å². The zero-order valence-corrected chi connectivity index (χ0v) is 11.5. The summed E-state index contributed by atoms with van der Waals surface area (Å²) in [5.74, 6) is -0.0520. The average molecular weight is 316 g/mol. The van der Waals surface area contributed by atoms with E-state index in [9.17, 15) is 8.78 Å². The topological polar surface area (TPSA) is 25.2 Å². The maximum Gasteiger partial charge on any atom is 0.132 e. The molecule has 1 aromatic carbocycles. The molecule has 1 N–H and O–H groups in total. The van der Waals surface area contributed by atoms with Crippen molar-refractivity contribution in [1.29, 1.82) is 0 Å². The normalized spacial score (nSPS) is 12.7. The van der Waals surface area contributed by atoms with Crippen molar-refractivity contribution in [3.63, 3.8) is 0 Å². The molecule has 2 rings (SSSR count). The summed E-state index contributed by atoms with van der Waals surface area (Å²) in [4.78, 5) is 0. The van der Waals surface area contributed by atoms with Gasteiger partial charge < -0.3 is 9.73 Å². The lowest BCUT2D eigenvalue weighted by Gasteiger charge is -2.16. The second-order valence-corrected chi connectivity index (χ2v) is 4.87. The fourth-order valence-corrected chi connectivity index (χ4v) is 2.27. The minimum atomic E-state index is -0.646. The number of benzene rings is 1. The molecule has 0 spiro atoms. The number of aryl methyl sites for hydroxylation is 1. The second kappa shape index (κ2) is 5.20. The van der Waals surface area contributed by atoms with E-state index in [1.54, 1.807) is 26.1 Å². The number of hydrogen-bond donors (Lipinski definition) is 1. The van der Waals surface area contributed by atoms with Gasteiger partial charge >= 0.3 is 0 Å². The minimum absolute atomic E-state index is 0.0462. The summed E-state index contributed by atoms with van der Waals surface area (Å²) in [5, 5.41) is 2.86. The number of nitrogens with one attached hydrogen (secondary N) is 1. The number of hydrogen-bond acceptors (Lipinski definition) is 2. The molecule has 96 valence electrons. The van der Waals surface area contributed by atoms with E-state index in [2.05, 4.69) is 21.2 Å². The van der Waals surface area contributed by atoms with E-state index in [4.69, 9.17) is 4.42 Å². The standard InChI is InChI=1S/C13H12BrF2NO/c1-7-3-4-11(18-7)13(17-2)12-9(15)5-8(14)6-10(12)16/h3-6,13,17H,1-2H3. The summed E-state index contributed by atoms with van der Waals surface area (Å²) in [5.41, 5.74) is -0.0462. The van der Waals surface area contributed by atoms with Crippen molar-refractivity contribution < 1.29 is 13.2 Å². The van der Waals surface area contributed by atoms with Crippen LogP contribution >= 0.6 is 15.9 Å². The van der Waals surface area contributed by atoms with Gasteiger partial charge in [0.15, 0.2) is 0 Å². The Morgan fingerprint density at radius 3 is 2.28 bits per heavy atom. The molecule has 2 nitrogen and oxygen atoms in total.